The molecule has 5 nitrogen and oxygen atoms in total. The Bertz CT molecular complexity index is 625. The lowest BCUT2D eigenvalue weighted by Gasteiger charge is -2.28. The summed E-state index contributed by atoms with van der Waals surface area (Å²) >= 11 is 0. The molecule has 2 N–H and O–H groups in total. The van der Waals surface area contributed by atoms with E-state index in [1.807, 2.05) is 24.4 Å². The van der Waals surface area contributed by atoms with Crippen LogP contribution in [0.5, 0.6) is 11.5 Å². The maximum absolute atomic E-state index is 5.49. The zero-order valence-corrected chi connectivity index (χ0v) is 13.8. The summed E-state index contributed by atoms with van der Waals surface area (Å²) in [6, 6.07) is 12.2. The van der Waals surface area contributed by atoms with Crippen LogP contribution < -0.4 is 24.3 Å². The molecular formula is C18H25N3O2+2. The summed E-state index contributed by atoms with van der Waals surface area (Å²) in [5.41, 5.74) is 1.21. The molecule has 1 aromatic carbocycles. The van der Waals surface area contributed by atoms with Crippen molar-refractivity contribution in [1.82, 2.24) is 0 Å². The van der Waals surface area contributed by atoms with E-state index in [1.54, 1.807) is 19.1 Å². The molecule has 23 heavy (non-hydrogen) atoms. The fourth-order valence-electron chi connectivity index (χ4n) is 3.11. The van der Waals surface area contributed by atoms with Crippen LogP contribution in [0.25, 0.3) is 0 Å². The smallest absolute Gasteiger partial charge is 0.274 e. The molecule has 0 spiro atoms. The minimum absolute atomic E-state index is 0.887. The van der Waals surface area contributed by atoms with Crippen LogP contribution in [0.1, 0.15) is 5.56 Å². The van der Waals surface area contributed by atoms with E-state index in [0.717, 1.165) is 44.2 Å². The number of anilines is 1. The fourth-order valence-corrected chi connectivity index (χ4v) is 3.11. The Kier molecular flexibility index (Phi) is 4.98. The standard InChI is InChI=1S/C18H23N3O2/c1-22-16-6-7-17(23-2)15(13-16)14-20-9-11-21(12-10-20)18-5-3-4-8-19-18/h3-8,13H,9-12,14H2,1-2H3/p+2. The van der Waals surface area contributed by atoms with E-state index < -0.39 is 0 Å². The number of nitrogens with zero attached hydrogens (tertiary/aromatic N) is 1. The van der Waals surface area contributed by atoms with Crippen LogP contribution in [-0.4, -0.2) is 40.4 Å². The number of aromatic amines is 1. The summed E-state index contributed by atoms with van der Waals surface area (Å²) in [5, 5.41) is 0. The second kappa shape index (κ2) is 7.33. The predicted octanol–water partition coefficient (Wildman–Crippen LogP) is 0.423. The average Bonchev–Trinajstić information content (AvgIpc) is 2.63. The van der Waals surface area contributed by atoms with Gasteiger partial charge in [0.2, 0.25) is 0 Å². The van der Waals surface area contributed by atoms with Crippen molar-refractivity contribution in [3.8, 4) is 11.5 Å². The summed E-state index contributed by atoms with van der Waals surface area (Å²) in [7, 11) is 3.43. The topological polar surface area (TPSA) is 40.3 Å². The number of H-pyrrole nitrogens is 1. The highest BCUT2D eigenvalue weighted by Gasteiger charge is 2.26. The van der Waals surface area contributed by atoms with E-state index >= 15 is 0 Å². The lowest BCUT2D eigenvalue weighted by atomic mass is 10.1. The summed E-state index contributed by atoms with van der Waals surface area (Å²) in [5.74, 6) is 3.03. The Morgan fingerprint density at radius 2 is 1.91 bits per heavy atom. The van der Waals surface area contributed by atoms with E-state index in [9.17, 15) is 0 Å². The van der Waals surface area contributed by atoms with Crippen molar-refractivity contribution in [2.24, 2.45) is 0 Å². The lowest BCUT2D eigenvalue weighted by Crippen LogP contribution is -3.13. The van der Waals surface area contributed by atoms with Gasteiger partial charge in [-0.2, -0.15) is 0 Å². The number of methoxy groups -OCH3 is 2. The van der Waals surface area contributed by atoms with Crippen molar-refractivity contribution in [3.05, 3.63) is 48.2 Å². The van der Waals surface area contributed by atoms with Gasteiger partial charge in [-0.15, -0.1) is 0 Å². The molecule has 0 aliphatic carbocycles. The molecule has 1 fully saturated rings. The molecule has 0 saturated carbocycles. The third-order valence-corrected chi connectivity index (χ3v) is 4.43. The number of ether oxygens (including phenoxy) is 2. The van der Waals surface area contributed by atoms with Gasteiger partial charge >= 0.3 is 0 Å². The van der Waals surface area contributed by atoms with Crippen molar-refractivity contribution in [2.75, 3.05) is 45.3 Å². The second-order valence-corrected chi connectivity index (χ2v) is 5.84. The number of piperazine rings is 1. The van der Waals surface area contributed by atoms with Gasteiger partial charge in [0.15, 0.2) is 0 Å². The summed E-state index contributed by atoms with van der Waals surface area (Å²) in [6.45, 7) is 5.31. The molecule has 0 bridgehead atoms. The first kappa shape index (κ1) is 15.6. The minimum atomic E-state index is 0.887. The quantitative estimate of drug-likeness (QED) is 0.869. The van der Waals surface area contributed by atoms with Crippen LogP contribution in [0.15, 0.2) is 42.6 Å². The number of pyridine rings is 1. The Morgan fingerprint density at radius 3 is 2.57 bits per heavy atom. The normalized spacial score (nSPS) is 15.5. The maximum atomic E-state index is 5.49. The second-order valence-electron chi connectivity index (χ2n) is 5.84. The number of hydrogen-bond acceptors (Lipinski definition) is 3. The van der Waals surface area contributed by atoms with Crippen LogP contribution in [0.3, 0.4) is 0 Å². The zero-order chi connectivity index (χ0) is 16.1. The number of benzene rings is 1. The van der Waals surface area contributed by atoms with E-state index in [0.29, 0.717) is 0 Å². The van der Waals surface area contributed by atoms with Gasteiger partial charge in [0, 0.05) is 6.07 Å². The highest BCUT2D eigenvalue weighted by molar-refractivity contribution is 5.39. The molecule has 0 radical (unpaired) electrons. The van der Waals surface area contributed by atoms with Gasteiger partial charge in [0.25, 0.3) is 5.82 Å². The third kappa shape index (κ3) is 3.74. The zero-order valence-electron chi connectivity index (χ0n) is 13.8. The predicted molar refractivity (Wildman–Crippen MR) is 89.2 cm³/mol. The van der Waals surface area contributed by atoms with Crippen LogP contribution in [0, 0.1) is 0 Å². The van der Waals surface area contributed by atoms with Crippen molar-refractivity contribution in [1.29, 1.82) is 0 Å². The molecule has 2 aromatic rings. The molecule has 0 amide bonds. The Labute approximate surface area is 137 Å². The summed E-state index contributed by atoms with van der Waals surface area (Å²) < 4.78 is 10.8. The van der Waals surface area contributed by atoms with Gasteiger partial charge in [-0.3, -0.25) is 4.90 Å². The number of quaternary nitrogens is 1. The molecule has 1 aliphatic heterocycles. The molecule has 1 aliphatic rings. The van der Waals surface area contributed by atoms with Gasteiger partial charge < -0.3 is 14.4 Å². The maximum Gasteiger partial charge on any atom is 0.274 e. The number of rotatable bonds is 5. The molecular weight excluding hydrogens is 290 g/mol. The van der Waals surface area contributed by atoms with Crippen molar-refractivity contribution < 1.29 is 19.4 Å². The molecule has 3 rings (SSSR count). The lowest BCUT2D eigenvalue weighted by molar-refractivity contribution is -0.914. The van der Waals surface area contributed by atoms with Gasteiger partial charge in [0.05, 0.1) is 26.0 Å². The molecule has 5 heteroatoms. The molecule has 1 saturated heterocycles. The van der Waals surface area contributed by atoms with Crippen LogP contribution >= 0.6 is 0 Å². The van der Waals surface area contributed by atoms with Gasteiger partial charge in [-0.05, 0) is 24.3 Å². The minimum Gasteiger partial charge on any atom is -0.497 e. The highest BCUT2D eigenvalue weighted by atomic mass is 16.5. The monoisotopic (exact) mass is 315 g/mol. The van der Waals surface area contributed by atoms with E-state index in [1.165, 1.54) is 11.4 Å². The molecule has 1 aromatic heterocycles. The third-order valence-electron chi connectivity index (χ3n) is 4.43. The van der Waals surface area contributed by atoms with E-state index in [-0.39, 0.29) is 0 Å². The van der Waals surface area contributed by atoms with E-state index in [4.69, 9.17) is 9.47 Å². The van der Waals surface area contributed by atoms with Crippen LogP contribution in [-0.2, 0) is 6.54 Å². The summed E-state index contributed by atoms with van der Waals surface area (Å²) in [6.07, 6.45) is 1.98. The van der Waals surface area contributed by atoms with Gasteiger partial charge in [-0.25, -0.2) is 4.98 Å². The number of aromatic nitrogens is 1. The van der Waals surface area contributed by atoms with Crippen molar-refractivity contribution in [2.45, 2.75) is 6.54 Å². The Morgan fingerprint density at radius 1 is 1.09 bits per heavy atom. The molecule has 122 valence electrons. The van der Waals surface area contributed by atoms with Gasteiger partial charge in [-0.1, -0.05) is 6.07 Å². The summed E-state index contributed by atoms with van der Waals surface area (Å²) in [4.78, 5) is 7.30. The Balaban J connectivity index is 1.63. The molecule has 2 heterocycles. The van der Waals surface area contributed by atoms with Crippen LogP contribution in [0.4, 0.5) is 5.82 Å². The van der Waals surface area contributed by atoms with Crippen molar-refractivity contribution in [3.63, 3.8) is 0 Å². The highest BCUT2D eigenvalue weighted by Crippen LogP contribution is 2.23. The van der Waals surface area contributed by atoms with Crippen LogP contribution in [0.2, 0.25) is 0 Å². The molecule has 0 unspecified atom stereocenters. The average molecular weight is 315 g/mol. The molecule has 0 atom stereocenters. The largest absolute Gasteiger partial charge is 0.497 e. The fraction of sp³-hybridized carbons (Fsp3) is 0.389. The number of hydrogen-bond donors (Lipinski definition) is 1. The number of nitrogens with one attached hydrogen (secondary N) is 2. The first-order valence-corrected chi connectivity index (χ1v) is 8.06. The SMILES string of the molecule is COc1ccc(OC)c(C[NH+]2CCN(c3cccc[nH+]3)CC2)c1. The van der Waals surface area contributed by atoms with Gasteiger partial charge in [0.1, 0.15) is 44.2 Å². The van der Waals surface area contributed by atoms with Crippen molar-refractivity contribution >= 4 is 5.82 Å². The van der Waals surface area contributed by atoms with E-state index in [2.05, 4.69) is 28.1 Å². The Hall–Kier alpha value is -2.27. The first-order valence-electron chi connectivity index (χ1n) is 8.06. The first-order chi connectivity index (χ1) is 11.3.